The molecule has 3 rings (SSSR count). The fourth-order valence-corrected chi connectivity index (χ4v) is 3.30. The molecule has 0 bridgehead atoms. The zero-order valence-corrected chi connectivity index (χ0v) is 15.6. The first kappa shape index (κ1) is 19.2. The van der Waals surface area contributed by atoms with Crippen molar-refractivity contribution >= 4 is 5.96 Å². The smallest absolute Gasteiger partial charge is 0.209 e. The maximum Gasteiger partial charge on any atom is 0.209 e. The first-order chi connectivity index (χ1) is 13.4. The molecular formula is C20H20N6O2. The number of nitrogens with zero attached hydrogens (tertiary/aromatic N) is 5. The Kier molecular flexibility index (Phi) is 5.16. The Bertz CT molecular complexity index is 974. The quantitative estimate of drug-likeness (QED) is 0.474. The number of benzene rings is 1. The summed E-state index contributed by atoms with van der Waals surface area (Å²) in [5.41, 5.74) is 7.10. The summed E-state index contributed by atoms with van der Waals surface area (Å²) in [4.78, 5) is 9.34. The van der Waals surface area contributed by atoms with Gasteiger partial charge in [-0.05, 0) is 49.7 Å². The Morgan fingerprint density at radius 3 is 2.68 bits per heavy atom. The lowest BCUT2D eigenvalue weighted by molar-refractivity contribution is -0.0829. The van der Waals surface area contributed by atoms with Crippen molar-refractivity contribution in [3.8, 4) is 18.0 Å². The normalized spacial score (nSPS) is 20.2. The summed E-state index contributed by atoms with van der Waals surface area (Å²) >= 11 is 0. The molecule has 0 saturated heterocycles. The zero-order valence-electron chi connectivity index (χ0n) is 15.6. The number of guanidine groups is 1. The van der Waals surface area contributed by atoms with Gasteiger partial charge in [0, 0.05) is 24.5 Å². The molecule has 0 aliphatic carbocycles. The molecule has 142 valence electrons. The Labute approximate surface area is 163 Å². The van der Waals surface area contributed by atoms with E-state index in [-0.39, 0.29) is 12.5 Å². The van der Waals surface area contributed by atoms with Gasteiger partial charge in [0.15, 0.2) is 0 Å². The van der Waals surface area contributed by atoms with E-state index < -0.39 is 17.7 Å². The second kappa shape index (κ2) is 7.55. The van der Waals surface area contributed by atoms with E-state index in [9.17, 15) is 10.4 Å². The zero-order chi connectivity index (χ0) is 20.3. The second-order valence-corrected chi connectivity index (χ2v) is 7.01. The van der Waals surface area contributed by atoms with Crippen LogP contribution >= 0.6 is 0 Å². The van der Waals surface area contributed by atoms with E-state index in [1.807, 2.05) is 12.1 Å². The molecule has 0 spiro atoms. The maximum absolute atomic E-state index is 11.1. The minimum absolute atomic E-state index is 0.0330. The van der Waals surface area contributed by atoms with Crippen molar-refractivity contribution in [1.29, 1.82) is 10.5 Å². The molecule has 1 aromatic heterocycles. The van der Waals surface area contributed by atoms with Crippen LogP contribution in [0.2, 0.25) is 0 Å². The van der Waals surface area contributed by atoms with Gasteiger partial charge in [-0.25, -0.2) is 0 Å². The van der Waals surface area contributed by atoms with Crippen LogP contribution in [0, 0.1) is 22.8 Å². The molecule has 0 unspecified atom stereocenters. The predicted octanol–water partition coefficient (Wildman–Crippen LogP) is 1.82. The number of aliphatic imine (C=N–C) groups is 1. The number of hydrogen-bond acceptors (Lipinski definition) is 6. The minimum atomic E-state index is -0.997. The fraction of sp³-hybridized carbons (Fsp3) is 0.300. The summed E-state index contributed by atoms with van der Waals surface area (Å²) in [5, 5.41) is 29.4. The Morgan fingerprint density at radius 1 is 1.32 bits per heavy atom. The van der Waals surface area contributed by atoms with Crippen LogP contribution < -0.4 is 10.5 Å². The van der Waals surface area contributed by atoms with Gasteiger partial charge in [0.05, 0.1) is 17.7 Å². The van der Waals surface area contributed by atoms with Crippen LogP contribution in [0.1, 0.15) is 36.6 Å². The van der Waals surface area contributed by atoms with Gasteiger partial charge in [0.2, 0.25) is 12.2 Å². The van der Waals surface area contributed by atoms with Crippen LogP contribution in [0.5, 0.6) is 5.75 Å². The van der Waals surface area contributed by atoms with Gasteiger partial charge < -0.3 is 20.5 Å². The van der Waals surface area contributed by atoms with Gasteiger partial charge in [-0.1, -0.05) is 0 Å². The lowest BCUT2D eigenvalue weighted by Gasteiger charge is -2.46. The van der Waals surface area contributed by atoms with Crippen molar-refractivity contribution < 1.29 is 9.84 Å². The van der Waals surface area contributed by atoms with Crippen molar-refractivity contribution in [2.45, 2.75) is 38.1 Å². The molecule has 8 heteroatoms. The van der Waals surface area contributed by atoms with Gasteiger partial charge in [-0.2, -0.15) is 10.5 Å². The van der Waals surface area contributed by atoms with Gasteiger partial charge >= 0.3 is 0 Å². The van der Waals surface area contributed by atoms with Crippen molar-refractivity contribution in [1.82, 2.24) is 9.88 Å². The van der Waals surface area contributed by atoms with Crippen molar-refractivity contribution in [3.63, 3.8) is 0 Å². The van der Waals surface area contributed by atoms with E-state index in [0.29, 0.717) is 16.9 Å². The number of aromatic nitrogens is 1. The van der Waals surface area contributed by atoms with Crippen LogP contribution in [0.25, 0.3) is 0 Å². The van der Waals surface area contributed by atoms with Crippen LogP contribution in [-0.4, -0.2) is 32.7 Å². The first-order valence-electron chi connectivity index (χ1n) is 8.66. The molecule has 0 fully saturated rings. The van der Waals surface area contributed by atoms with E-state index in [1.165, 1.54) is 0 Å². The van der Waals surface area contributed by atoms with E-state index in [2.05, 4.69) is 16.0 Å². The average molecular weight is 376 g/mol. The first-order valence-corrected chi connectivity index (χ1v) is 8.66. The average Bonchev–Trinajstić information content (AvgIpc) is 2.68. The topological polar surface area (TPSA) is 132 Å². The van der Waals surface area contributed by atoms with E-state index in [4.69, 9.17) is 15.7 Å². The standard InChI is InChI=1S/C20H20N6O2/c1-20(2)18(27)17(15-9-14(10-21)3-4-16(15)28-20)26(19(23)25-12-22)11-13-5-7-24-8-6-13/h3-9,17-18,27H,11H2,1-2H3,(H2,23,25)/t17-,18+/m0/s1. The summed E-state index contributed by atoms with van der Waals surface area (Å²) in [6, 6.07) is 10.1. The van der Waals surface area contributed by atoms with Gasteiger partial charge in [-0.15, -0.1) is 4.99 Å². The fourth-order valence-electron chi connectivity index (χ4n) is 3.30. The number of ether oxygens (including phenoxy) is 1. The monoisotopic (exact) mass is 376 g/mol. The van der Waals surface area contributed by atoms with Crippen LogP contribution in [0.4, 0.5) is 0 Å². The Hall–Kier alpha value is -3.62. The number of nitrogens with two attached hydrogens (primary N) is 1. The van der Waals surface area contributed by atoms with Crippen molar-refractivity contribution in [2.75, 3.05) is 0 Å². The summed E-state index contributed by atoms with van der Waals surface area (Å²) in [6.45, 7) is 3.83. The number of aliphatic hydroxyl groups is 1. The van der Waals surface area contributed by atoms with Crippen molar-refractivity contribution in [2.24, 2.45) is 10.7 Å². The van der Waals surface area contributed by atoms with Crippen LogP contribution in [-0.2, 0) is 6.54 Å². The summed E-state index contributed by atoms with van der Waals surface area (Å²) < 4.78 is 5.96. The molecule has 8 nitrogen and oxygen atoms in total. The highest BCUT2D eigenvalue weighted by molar-refractivity contribution is 5.80. The largest absolute Gasteiger partial charge is 0.485 e. The highest BCUT2D eigenvalue weighted by atomic mass is 16.5. The molecule has 2 heterocycles. The summed E-state index contributed by atoms with van der Waals surface area (Å²) in [6.07, 6.45) is 4.00. The van der Waals surface area contributed by atoms with Crippen LogP contribution in [0.3, 0.4) is 0 Å². The molecule has 2 atom stereocenters. The number of aliphatic hydroxyl groups excluding tert-OH is 1. The number of pyridine rings is 1. The molecule has 0 saturated carbocycles. The third kappa shape index (κ3) is 3.59. The summed E-state index contributed by atoms with van der Waals surface area (Å²) in [5.74, 6) is 0.512. The SMILES string of the molecule is CC1(C)Oc2ccc(C#N)cc2[C@H](N(Cc2ccncc2)C(N)=NC#N)[C@H]1O. The molecule has 1 aliphatic rings. The third-order valence-electron chi connectivity index (χ3n) is 4.74. The van der Waals surface area contributed by atoms with Gasteiger partial charge in [0.1, 0.15) is 17.5 Å². The number of fused-ring (bicyclic) bond motifs is 1. The van der Waals surface area contributed by atoms with E-state index >= 15 is 0 Å². The molecule has 1 aromatic carbocycles. The van der Waals surface area contributed by atoms with Gasteiger partial charge in [-0.3, -0.25) is 4.98 Å². The second-order valence-electron chi connectivity index (χ2n) is 7.01. The van der Waals surface area contributed by atoms with E-state index in [0.717, 1.165) is 5.56 Å². The molecule has 1 aliphatic heterocycles. The molecule has 2 aromatic rings. The van der Waals surface area contributed by atoms with E-state index in [1.54, 1.807) is 55.5 Å². The Balaban J connectivity index is 2.16. The molecular weight excluding hydrogens is 356 g/mol. The molecule has 28 heavy (non-hydrogen) atoms. The number of nitriles is 2. The third-order valence-corrected chi connectivity index (χ3v) is 4.74. The lowest BCUT2D eigenvalue weighted by Crippen LogP contribution is -2.55. The van der Waals surface area contributed by atoms with Gasteiger partial charge in [0.25, 0.3) is 0 Å². The lowest BCUT2D eigenvalue weighted by atomic mass is 9.85. The highest BCUT2D eigenvalue weighted by Gasteiger charge is 2.46. The highest BCUT2D eigenvalue weighted by Crippen LogP contribution is 2.43. The maximum atomic E-state index is 11.1. The number of hydrogen-bond donors (Lipinski definition) is 2. The van der Waals surface area contributed by atoms with Crippen molar-refractivity contribution in [3.05, 3.63) is 59.4 Å². The Morgan fingerprint density at radius 2 is 2.04 bits per heavy atom. The molecule has 0 radical (unpaired) electrons. The molecule has 3 N–H and O–H groups in total. The predicted molar refractivity (Wildman–Crippen MR) is 102 cm³/mol. The van der Waals surface area contributed by atoms with Crippen LogP contribution in [0.15, 0.2) is 47.7 Å². The summed E-state index contributed by atoms with van der Waals surface area (Å²) in [7, 11) is 0. The minimum Gasteiger partial charge on any atom is -0.485 e. The number of rotatable bonds is 3. The molecule has 0 amide bonds.